The van der Waals surface area contributed by atoms with E-state index in [1.807, 2.05) is 0 Å². The zero-order valence-corrected chi connectivity index (χ0v) is 7.78. The standard InChI is InChI=1S/C7H9Cl2N3/c8-5-1-2-7(6(9)3-5)11-4-12-10/h1-3,11-12H,4,10H2. The Kier molecular flexibility index (Phi) is 3.62. The highest BCUT2D eigenvalue weighted by atomic mass is 35.5. The molecule has 0 heterocycles. The van der Waals surface area contributed by atoms with Gasteiger partial charge in [0.1, 0.15) is 0 Å². The lowest BCUT2D eigenvalue weighted by molar-refractivity contribution is 0.790. The average Bonchev–Trinajstić information content (AvgIpc) is 2.03. The van der Waals surface area contributed by atoms with Gasteiger partial charge < -0.3 is 5.32 Å². The first-order valence-corrected chi connectivity index (χ1v) is 4.12. The second-order valence-corrected chi connectivity index (χ2v) is 3.03. The third-order valence-corrected chi connectivity index (χ3v) is 1.86. The third kappa shape index (κ3) is 2.53. The van der Waals surface area contributed by atoms with E-state index in [0.717, 1.165) is 5.69 Å². The van der Waals surface area contributed by atoms with Crippen LogP contribution in [0.1, 0.15) is 0 Å². The molecular weight excluding hydrogens is 197 g/mol. The van der Waals surface area contributed by atoms with Crippen molar-refractivity contribution in [1.82, 2.24) is 5.43 Å². The molecule has 4 N–H and O–H groups in total. The molecule has 12 heavy (non-hydrogen) atoms. The molecule has 1 aromatic carbocycles. The smallest absolute Gasteiger partial charge is 0.0781 e. The molecule has 0 fully saturated rings. The number of nitrogens with two attached hydrogens (primary N) is 1. The molecule has 0 atom stereocenters. The maximum Gasteiger partial charge on any atom is 0.0781 e. The Bertz CT molecular complexity index is 265. The van der Waals surface area contributed by atoms with Gasteiger partial charge in [0.2, 0.25) is 0 Å². The van der Waals surface area contributed by atoms with Gasteiger partial charge >= 0.3 is 0 Å². The van der Waals surface area contributed by atoms with Crippen molar-refractivity contribution in [2.45, 2.75) is 0 Å². The van der Waals surface area contributed by atoms with Gasteiger partial charge in [0.25, 0.3) is 0 Å². The van der Waals surface area contributed by atoms with Crippen molar-refractivity contribution in [3.8, 4) is 0 Å². The zero-order valence-electron chi connectivity index (χ0n) is 6.27. The molecule has 0 aromatic heterocycles. The molecule has 0 unspecified atom stereocenters. The van der Waals surface area contributed by atoms with Crippen LogP contribution in [0.4, 0.5) is 5.69 Å². The third-order valence-electron chi connectivity index (χ3n) is 1.31. The molecule has 0 aliphatic heterocycles. The molecule has 66 valence electrons. The van der Waals surface area contributed by atoms with Crippen molar-refractivity contribution < 1.29 is 0 Å². The Morgan fingerprint density at radius 1 is 1.33 bits per heavy atom. The van der Waals surface area contributed by atoms with E-state index in [9.17, 15) is 0 Å². The van der Waals surface area contributed by atoms with Crippen LogP contribution in [0.5, 0.6) is 0 Å². The number of halogens is 2. The van der Waals surface area contributed by atoms with E-state index in [4.69, 9.17) is 29.0 Å². The molecule has 0 saturated heterocycles. The Hall–Kier alpha value is -0.480. The molecule has 0 aliphatic rings. The summed E-state index contributed by atoms with van der Waals surface area (Å²) in [6.45, 7) is 0.460. The molecule has 1 rings (SSSR count). The molecule has 3 nitrogen and oxygen atoms in total. The highest BCUT2D eigenvalue weighted by molar-refractivity contribution is 6.36. The van der Waals surface area contributed by atoms with Gasteiger partial charge in [-0.15, -0.1) is 0 Å². The summed E-state index contributed by atoms with van der Waals surface area (Å²) in [5, 5.41) is 4.16. The summed E-state index contributed by atoms with van der Waals surface area (Å²) in [6.07, 6.45) is 0. The summed E-state index contributed by atoms with van der Waals surface area (Å²) < 4.78 is 0. The van der Waals surface area contributed by atoms with E-state index in [-0.39, 0.29) is 0 Å². The number of rotatable bonds is 3. The monoisotopic (exact) mass is 205 g/mol. The second-order valence-electron chi connectivity index (χ2n) is 2.18. The maximum atomic E-state index is 5.85. The van der Waals surface area contributed by atoms with E-state index in [2.05, 4.69) is 10.7 Å². The average molecular weight is 206 g/mol. The summed E-state index contributed by atoms with van der Waals surface area (Å²) >= 11 is 11.5. The van der Waals surface area contributed by atoms with Crippen LogP contribution in [0.3, 0.4) is 0 Å². The van der Waals surface area contributed by atoms with E-state index in [1.165, 1.54) is 0 Å². The Balaban J connectivity index is 2.72. The largest absolute Gasteiger partial charge is 0.370 e. The summed E-state index contributed by atoms with van der Waals surface area (Å²) in [4.78, 5) is 0. The minimum Gasteiger partial charge on any atom is -0.370 e. The van der Waals surface area contributed by atoms with Crippen LogP contribution in [0.15, 0.2) is 18.2 Å². The van der Waals surface area contributed by atoms with Crippen LogP contribution in [-0.4, -0.2) is 6.67 Å². The van der Waals surface area contributed by atoms with Gasteiger partial charge in [0.05, 0.1) is 17.4 Å². The van der Waals surface area contributed by atoms with Crippen molar-refractivity contribution in [3.63, 3.8) is 0 Å². The molecule has 0 aliphatic carbocycles. The highest BCUT2D eigenvalue weighted by Crippen LogP contribution is 2.24. The van der Waals surface area contributed by atoms with Gasteiger partial charge in [-0.25, -0.2) is 5.43 Å². The van der Waals surface area contributed by atoms with Crippen LogP contribution in [-0.2, 0) is 0 Å². The number of benzene rings is 1. The fourth-order valence-electron chi connectivity index (χ4n) is 0.779. The van der Waals surface area contributed by atoms with Crippen molar-refractivity contribution in [3.05, 3.63) is 28.2 Å². The minimum atomic E-state index is 0.460. The van der Waals surface area contributed by atoms with Gasteiger partial charge in [-0.2, -0.15) is 0 Å². The molecular formula is C7H9Cl2N3. The van der Waals surface area contributed by atoms with Crippen LogP contribution in [0.2, 0.25) is 10.0 Å². The molecule has 0 saturated carbocycles. The van der Waals surface area contributed by atoms with Gasteiger partial charge in [0, 0.05) is 5.02 Å². The molecule has 0 radical (unpaired) electrons. The van der Waals surface area contributed by atoms with E-state index < -0.39 is 0 Å². The Morgan fingerprint density at radius 2 is 2.08 bits per heavy atom. The summed E-state index contributed by atoms with van der Waals surface area (Å²) in [7, 11) is 0. The van der Waals surface area contributed by atoms with Crippen LogP contribution in [0, 0.1) is 0 Å². The topological polar surface area (TPSA) is 50.1 Å². The van der Waals surface area contributed by atoms with Crippen LogP contribution >= 0.6 is 23.2 Å². The summed E-state index contributed by atoms with van der Waals surface area (Å²) in [5.41, 5.74) is 3.26. The molecule has 0 bridgehead atoms. The summed E-state index contributed by atoms with van der Waals surface area (Å²) in [6, 6.07) is 5.22. The molecule has 0 spiro atoms. The quantitative estimate of drug-likeness (QED) is 0.401. The molecule has 0 amide bonds. The molecule has 1 aromatic rings. The predicted octanol–water partition coefficient (Wildman–Crippen LogP) is 1.83. The van der Waals surface area contributed by atoms with Gasteiger partial charge in [0.15, 0.2) is 0 Å². The van der Waals surface area contributed by atoms with Crippen molar-refractivity contribution in [2.75, 3.05) is 12.0 Å². The Labute approximate surface area is 80.8 Å². The first-order chi connectivity index (χ1) is 5.74. The lowest BCUT2D eigenvalue weighted by Gasteiger charge is -2.06. The Morgan fingerprint density at radius 3 is 2.67 bits per heavy atom. The van der Waals surface area contributed by atoms with Crippen LogP contribution in [0.25, 0.3) is 0 Å². The highest BCUT2D eigenvalue weighted by Gasteiger charge is 1.98. The van der Waals surface area contributed by atoms with Gasteiger partial charge in [-0.05, 0) is 18.2 Å². The second kappa shape index (κ2) is 4.52. The van der Waals surface area contributed by atoms with Crippen LogP contribution < -0.4 is 16.6 Å². The van der Waals surface area contributed by atoms with Gasteiger partial charge in [-0.3, -0.25) is 5.84 Å². The van der Waals surface area contributed by atoms with Gasteiger partial charge in [-0.1, -0.05) is 23.2 Å². The number of nitrogens with one attached hydrogen (secondary N) is 2. The number of hydrogen-bond acceptors (Lipinski definition) is 3. The van der Waals surface area contributed by atoms with E-state index in [1.54, 1.807) is 18.2 Å². The lowest BCUT2D eigenvalue weighted by Crippen LogP contribution is -2.28. The fraction of sp³-hybridized carbons (Fsp3) is 0.143. The maximum absolute atomic E-state index is 5.85. The minimum absolute atomic E-state index is 0.460. The lowest BCUT2D eigenvalue weighted by atomic mass is 10.3. The van der Waals surface area contributed by atoms with E-state index >= 15 is 0 Å². The van der Waals surface area contributed by atoms with Crippen molar-refractivity contribution in [2.24, 2.45) is 5.84 Å². The number of anilines is 1. The van der Waals surface area contributed by atoms with Crippen molar-refractivity contribution in [1.29, 1.82) is 0 Å². The van der Waals surface area contributed by atoms with Crippen molar-refractivity contribution >= 4 is 28.9 Å². The van der Waals surface area contributed by atoms with E-state index in [0.29, 0.717) is 16.7 Å². The summed E-state index contributed by atoms with van der Waals surface area (Å²) in [5.74, 6) is 5.07. The first kappa shape index (κ1) is 9.61. The normalized spacial score (nSPS) is 9.92. The SMILES string of the molecule is NNCNc1ccc(Cl)cc1Cl. The zero-order chi connectivity index (χ0) is 8.97. The number of hydrogen-bond donors (Lipinski definition) is 3. The predicted molar refractivity (Wildman–Crippen MR) is 52.3 cm³/mol. The molecule has 5 heteroatoms. The first-order valence-electron chi connectivity index (χ1n) is 3.36. The number of hydrazine groups is 1. The fourth-order valence-corrected chi connectivity index (χ4v) is 1.25.